The Morgan fingerprint density at radius 1 is 1.10 bits per heavy atom. The number of benzene rings is 1. The highest BCUT2D eigenvalue weighted by atomic mass is 19.4. The Labute approximate surface area is 243 Å². The van der Waals surface area contributed by atoms with E-state index >= 15 is 0 Å². The zero-order valence-corrected chi connectivity index (χ0v) is 24.3. The second-order valence-corrected chi connectivity index (χ2v) is 12.1. The first-order chi connectivity index (χ1) is 19.6. The van der Waals surface area contributed by atoms with Gasteiger partial charge in [-0.3, -0.25) is 4.79 Å². The van der Waals surface area contributed by atoms with E-state index in [2.05, 4.69) is 10.3 Å². The summed E-state index contributed by atoms with van der Waals surface area (Å²) < 4.78 is 46.0. The van der Waals surface area contributed by atoms with Gasteiger partial charge >= 0.3 is 18.2 Å². The number of hydrogen-bond acceptors (Lipinski definition) is 6. The number of nitrogens with zero attached hydrogens (tertiary/aromatic N) is 3. The van der Waals surface area contributed by atoms with Crippen molar-refractivity contribution in [1.29, 1.82) is 0 Å². The molecular formula is C30H37F3N4O5. The molecule has 4 rings (SSSR count). The number of amides is 2. The summed E-state index contributed by atoms with van der Waals surface area (Å²) in [7, 11) is 1.26. The topological polar surface area (TPSA) is 112 Å². The molecule has 2 aliphatic heterocycles. The summed E-state index contributed by atoms with van der Waals surface area (Å²) in [5.41, 5.74) is -0.816. The van der Waals surface area contributed by atoms with Gasteiger partial charge in [0.2, 0.25) is 5.91 Å². The number of hydrogen-bond donors (Lipinski definition) is 2. The standard InChI is InChI=1S/C30H37F3N4O5/c1-17-14-20(30(31,32)33)15-21(34-17)35-23-22(29(2,3)4)25(27(39)40)37(24(23)18-10-7-6-8-11-18)26(38)19-12-9-13-36(16-19)28(41)42-5/h6-8,10-11,14-15,19,22-25H,9,12-13,16H2,1-5H3,(H,34,35)(H,39,40)/t19-,22-,23-,24-,25-/m1/s1. The SMILES string of the molecule is COC(=O)N1CCC[C@@H](C(=O)N2[C@H](c3ccccc3)[C@H](Nc3cc(C(F)(F)F)cc(C)n3)[C@@H](C(C)(C)C)[C@@H]2C(=O)O)C1. The Hall–Kier alpha value is -3.83. The van der Waals surface area contributed by atoms with E-state index < -0.39 is 65.1 Å². The van der Waals surface area contributed by atoms with Crippen molar-refractivity contribution < 1.29 is 37.4 Å². The number of aryl methyl sites for hydroxylation is 1. The Balaban J connectivity index is 1.86. The number of pyridine rings is 1. The minimum Gasteiger partial charge on any atom is -0.480 e. The normalized spacial score (nSPS) is 24.8. The summed E-state index contributed by atoms with van der Waals surface area (Å²) in [6.45, 7) is 7.49. The molecule has 0 unspecified atom stereocenters. The van der Waals surface area contributed by atoms with Gasteiger partial charge in [-0.25, -0.2) is 14.6 Å². The summed E-state index contributed by atoms with van der Waals surface area (Å²) in [6, 6.07) is 7.75. The molecule has 228 valence electrons. The summed E-state index contributed by atoms with van der Waals surface area (Å²) in [5.74, 6) is -3.13. The number of piperidine rings is 1. The number of alkyl halides is 3. The van der Waals surface area contributed by atoms with Crippen molar-refractivity contribution in [2.45, 2.75) is 64.8 Å². The van der Waals surface area contributed by atoms with Crippen LogP contribution in [0.15, 0.2) is 42.5 Å². The molecule has 0 radical (unpaired) electrons. The molecule has 0 spiro atoms. The highest BCUT2D eigenvalue weighted by Crippen LogP contribution is 2.50. The van der Waals surface area contributed by atoms with Gasteiger partial charge in [0.25, 0.3) is 0 Å². The number of aromatic nitrogens is 1. The Kier molecular flexibility index (Phi) is 8.75. The fourth-order valence-corrected chi connectivity index (χ4v) is 6.42. The molecule has 0 bridgehead atoms. The van der Waals surface area contributed by atoms with Gasteiger partial charge in [-0.2, -0.15) is 13.2 Å². The van der Waals surface area contributed by atoms with Crippen molar-refractivity contribution in [2.75, 3.05) is 25.5 Å². The molecule has 2 saturated heterocycles. The van der Waals surface area contributed by atoms with E-state index in [0.717, 1.165) is 12.1 Å². The largest absolute Gasteiger partial charge is 0.480 e. The van der Waals surface area contributed by atoms with Crippen molar-refractivity contribution in [3.05, 3.63) is 59.3 Å². The second kappa shape index (κ2) is 11.8. The summed E-state index contributed by atoms with van der Waals surface area (Å²) >= 11 is 0. The minimum absolute atomic E-state index is 0.0597. The van der Waals surface area contributed by atoms with Crippen molar-refractivity contribution >= 4 is 23.8 Å². The first-order valence-electron chi connectivity index (χ1n) is 13.9. The van der Waals surface area contributed by atoms with Gasteiger partial charge in [-0.05, 0) is 42.9 Å². The highest BCUT2D eigenvalue weighted by Gasteiger charge is 2.59. The summed E-state index contributed by atoms with van der Waals surface area (Å²) in [6.07, 6.45) is -4.20. The molecule has 2 aromatic rings. The zero-order chi connectivity index (χ0) is 31.0. The molecule has 42 heavy (non-hydrogen) atoms. The first kappa shape index (κ1) is 31.1. The summed E-state index contributed by atoms with van der Waals surface area (Å²) in [5, 5.41) is 13.8. The third kappa shape index (κ3) is 6.32. The van der Waals surface area contributed by atoms with Crippen LogP contribution in [0.5, 0.6) is 0 Å². The average Bonchev–Trinajstić information content (AvgIpc) is 3.27. The number of rotatable bonds is 5. The van der Waals surface area contributed by atoms with Gasteiger partial charge in [0.05, 0.1) is 30.7 Å². The van der Waals surface area contributed by atoms with Crippen molar-refractivity contribution in [3.8, 4) is 0 Å². The van der Waals surface area contributed by atoms with Gasteiger partial charge in [0.15, 0.2) is 0 Å². The van der Waals surface area contributed by atoms with Crippen LogP contribution in [0, 0.1) is 24.2 Å². The van der Waals surface area contributed by atoms with E-state index in [1.165, 1.54) is 23.8 Å². The molecule has 12 heteroatoms. The Bertz CT molecular complexity index is 1310. The lowest BCUT2D eigenvalue weighted by Crippen LogP contribution is -2.52. The molecule has 3 heterocycles. The lowest BCUT2D eigenvalue weighted by molar-refractivity contribution is -0.154. The maximum Gasteiger partial charge on any atom is 0.416 e. The van der Waals surface area contributed by atoms with Crippen LogP contribution in [0.4, 0.5) is 23.8 Å². The molecule has 5 atom stereocenters. The van der Waals surface area contributed by atoms with Gasteiger partial charge < -0.3 is 25.0 Å². The highest BCUT2D eigenvalue weighted by molar-refractivity contribution is 5.88. The number of carboxylic acids is 1. The number of likely N-dealkylation sites (tertiary alicyclic amines) is 2. The average molecular weight is 591 g/mol. The quantitative estimate of drug-likeness (QED) is 0.482. The maximum absolute atomic E-state index is 14.4. The number of carboxylic acid groups (broad SMARTS) is 1. The summed E-state index contributed by atoms with van der Waals surface area (Å²) in [4.78, 5) is 46.8. The predicted octanol–water partition coefficient (Wildman–Crippen LogP) is 5.37. The Morgan fingerprint density at radius 2 is 1.76 bits per heavy atom. The molecule has 9 nitrogen and oxygen atoms in total. The third-order valence-electron chi connectivity index (χ3n) is 8.11. The van der Waals surface area contributed by atoms with Crippen LogP contribution in [-0.4, -0.2) is 70.1 Å². The van der Waals surface area contributed by atoms with Crippen molar-refractivity contribution in [1.82, 2.24) is 14.8 Å². The second-order valence-electron chi connectivity index (χ2n) is 12.1. The number of carbonyl (C=O) groups is 3. The number of nitrogens with one attached hydrogen (secondary N) is 1. The number of halogens is 3. The number of carbonyl (C=O) groups excluding carboxylic acids is 2. The number of anilines is 1. The molecular weight excluding hydrogens is 553 g/mol. The smallest absolute Gasteiger partial charge is 0.416 e. The number of methoxy groups -OCH3 is 1. The van der Waals surface area contributed by atoms with Crippen molar-refractivity contribution in [2.24, 2.45) is 17.3 Å². The molecule has 1 aromatic carbocycles. The molecule has 2 aliphatic rings. The van der Waals surface area contributed by atoms with Crippen molar-refractivity contribution in [3.63, 3.8) is 0 Å². The van der Waals surface area contributed by atoms with Gasteiger partial charge in [-0.15, -0.1) is 0 Å². The predicted molar refractivity (Wildman–Crippen MR) is 148 cm³/mol. The number of ether oxygens (including phenoxy) is 1. The fourth-order valence-electron chi connectivity index (χ4n) is 6.42. The van der Waals surface area contributed by atoms with Gasteiger partial charge in [0.1, 0.15) is 11.9 Å². The van der Waals surface area contributed by atoms with E-state index in [1.54, 1.807) is 30.3 Å². The van der Waals surface area contributed by atoms with Crippen LogP contribution in [-0.2, 0) is 20.5 Å². The lowest BCUT2D eigenvalue weighted by Gasteiger charge is -2.37. The van der Waals surface area contributed by atoms with Gasteiger partial charge in [-0.1, -0.05) is 51.1 Å². The van der Waals surface area contributed by atoms with E-state index in [-0.39, 0.29) is 18.1 Å². The van der Waals surface area contributed by atoms with Crippen LogP contribution in [0.2, 0.25) is 0 Å². The molecule has 1 aromatic heterocycles. The third-order valence-corrected chi connectivity index (χ3v) is 8.11. The van der Waals surface area contributed by atoms with Crippen LogP contribution < -0.4 is 5.32 Å². The van der Waals surface area contributed by atoms with Crippen LogP contribution >= 0.6 is 0 Å². The molecule has 2 N–H and O–H groups in total. The fraction of sp³-hybridized carbons (Fsp3) is 0.533. The van der Waals surface area contributed by atoms with E-state index in [0.29, 0.717) is 24.9 Å². The molecule has 2 amide bonds. The van der Waals surface area contributed by atoms with Crippen LogP contribution in [0.1, 0.15) is 56.5 Å². The van der Waals surface area contributed by atoms with Crippen LogP contribution in [0.3, 0.4) is 0 Å². The monoisotopic (exact) mass is 590 g/mol. The van der Waals surface area contributed by atoms with Gasteiger partial charge in [0, 0.05) is 24.7 Å². The van der Waals surface area contributed by atoms with E-state index in [4.69, 9.17) is 4.74 Å². The first-order valence-corrected chi connectivity index (χ1v) is 13.9. The number of aliphatic carboxylic acids is 1. The van der Waals surface area contributed by atoms with Crippen LogP contribution in [0.25, 0.3) is 0 Å². The maximum atomic E-state index is 14.4. The van der Waals surface area contributed by atoms with E-state index in [1.807, 2.05) is 20.8 Å². The van der Waals surface area contributed by atoms with E-state index in [9.17, 15) is 32.7 Å². The zero-order valence-electron chi connectivity index (χ0n) is 24.3. The molecule has 0 aliphatic carbocycles. The molecule has 0 saturated carbocycles. The Morgan fingerprint density at radius 3 is 2.33 bits per heavy atom. The molecule has 2 fully saturated rings. The lowest BCUT2D eigenvalue weighted by atomic mass is 9.72. The minimum atomic E-state index is -4.61.